The standard InChI is InChI=1S/C20H19N5O2/c1-27-11-10-25-9-7-15-16(5-2-6-19(15)25)22-20(26)18-12-17(23-24-18)14-4-3-8-21-13-14/h2-9,12-13H,10-11H2,1H3,(H,22,26)(H,23,24). The number of nitrogens with one attached hydrogen (secondary N) is 2. The average Bonchev–Trinajstić information content (AvgIpc) is 3.35. The third-order valence-electron chi connectivity index (χ3n) is 4.38. The number of H-pyrrole nitrogens is 1. The van der Waals surface area contributed by atoms with Gasteiger partial charge in [-0.2, -0.15) is 5.10 Å². The van der Waals surface area contributed by atoms with Gasteiger partial charge in [0, 0.05) is 43.2 Å². The average molecular weight is 361 g/mol. The third kappa shape index (κ3) is 3.45. The van der Waals surface area contributed by atoms with Gasteiger partial charge in [0.1, 0.15) is 5.69 Å². The monoisotopic (exact) mass is 361 g/mol. The normalized spacial score (nSPS) is 11.0. The zero-order valence-corrected chi connectivity index (χ0v) is 14.8. The second-order valence-electron chi connectivity index (χ2n) is 6.10. The molecule has 1 aromatic carbocycles. The smallest absolute Gasteiger partial charge is 0.273 e. The van der Waals surface area contributed by atoms with E-state index in [-0.39, 0.29) is 5.91 Å². The van der Waals surface area contributed by atoms with Crippen molar-refractivity contribution in [2.45, 2.75) is 6.54 Å². The van der Waals surface area contributed by atoms with E-state index in [4.69, 9.17) is 4.74 Å². The lowest BCUT2D eigenvalue weighted by atomic mass is 10.2. The molecule has 1 amide bonds. The van der Waals surface area contributed by atoms with Crippen molar-refractivity contribution in [3.8, 4) is 11.3 Å². The molecular formula is C20H19N5O2. The molecule has 3 heterocycles. The van der Waals surface area contributed by atoms with Crippen LogP contribution in [-0.4, -0.2) is 39.4 Å². The second-order valence-corrected chi connectivity index (χ2v) is 6.10. The Morgan fingerprint density at radius 2 is 2.19 bits per heavy atom. The van der Waals surface area contributed by atoms with Crippen LogP contribution in [0.3, 0.4) is 0 Å². The number of aromatic nitrogens is 4. The fourth-order valence-corrected chi connectivity index (χ4v) is 3.01. The Labute approximate surface area is 156 Å². The first-order valence-corrected chi connectivity index (χ1v) is 8.60. The molecular weight excluding hydrogens is 342 g/mol. The van der Waals surface area contributed by atoms with Crippen molar-refractivity contribution in [1.82, 2.24) is 19.7 Å². The molecule has 0 saturated carbocycles. The Bertz CT molecular complexity index is 1070. The van der Waals surface area contributed by atoms with Crippen molar-refractivity contribution in [2.75, 3.05) is 19.0 Å². The van der Waals surface area contributed by atoms with E-state index in [1.165, 1.54) is 0 Å². The molecule has 0 unspecified atom stereocenters. The van der Waals surface area contributed by atoms with Gasteiger partial charge < -0.3 is 14.6 Å². The van der Waals surface area contributed by atoms with Crippen molar-refractivity contribution in [2.24, 2.45) is 0 Å². The molecule has 0 saturated heterocycles. The Morgan fingerprint density at radius 1 is 1.26 bits per heavy atom. The van der Waals surface area contributed by atoms with Gasteiger partial charge in [0.2, 0.25) is 0 Å². The fourth-order valence-electron chi connectivity index (χ4n) is 3.01. The number of hydrogen-bond donors (Lipinski definition) is 2. The van der Waals surface area contributed by atoms with Crippen LogP contribution in [0.15, 0.2) is 61.1 Å². The van der Waals surface area contributed by atoms with E-state index in [0.717, 1.165) is 28.7 Å². The molecule has 27 heavy (non-hydrogen) atoms. The van der Waals surface area contributed by atoms with Crippen molar-refractivity contribution in [3.63, 3.8) is 0 Å². The molecule has 7 nitrogen and oxygen atoms in total. The number of amides is 1. The predicted octanol–water partition coefficient (Wildman–Crippen LogP) is 3.33. The number of hydrogen-bond acceptors (Lipinski definition) is 4. The molecule has 0 fully saturated rings. The maximum Gasteiger partial charge on any atom is 0.273 e. The van der Waals surface area contributed by atoms with E-state index < -0.39 is 0 Å². The lowest BCUT2D eigenvalue weighted by Gasteiger charge is -2.08. The van der Waals surface area contributed by atoms with Crippen LogP contribution in [0.5, 0.6) is 0 Å². The SMILES string of the molecule is COCCn1ccc2c(NC(=O)c3cc(-c4cccnc4)n[nH]3)cccc21. The number of fused-ring (bicyclic) bond motifs is 1. The van der Waals surface area contributed by atoms with E-state index in [0.29, 0.717) is 18.0 Å². The largest absolute Gasteiger partial charge is 0.383 e. The van der Waals surface area contributed by atoms with Gasteiger partial charge >= 0.3 is 0 Å². The van der Waals surface area contributed by atoms with E-state index in [2.05, 4.69) is 25.1 Å². The topological polar surface area (TPSA) is 84.8 Å². The second kappa shape index (κ2) is 7.43. The van der Waals surface area contributed by atoms with Crippen LogP contribution < -0.4 is 5.32 Å². The number of ether oxygens (including phenoxy) is 1. The molecule has 7 heteroatoms. The molecule has 3 aromatic heterocycles. The van der Waals surface area contributed by atoms with Gasteiger partial charge in [-0.1, -0.05) is 6.07 Å². The van der Waals surface area contributed by atoms with E-state index in [1.54, 1.807) is 25.6 Å². The van der Waals surface area contributed by atoms with Gasteiger partial charge in [0.25, 0.3) is 5.91 Å². The first-order valence-electron chi connectivity index (χ1n) is 8.60. The summed E-state index contributed by atoms with van der Waals surface area (Å²) < 4.78 is 7.25. The first-order chi connectivity index (χ1) is 13.3. The van der Waals surface area contributed by atoms with Crippen LogP contribution in [0.25, 0.3) is 22.2 Å². The summed E-state index contributed by atoms with van der Waals surface area (Å²) in [6, 6.07) is 13.3. The number of methoxy groups -OCH3 is 1. The van der Waals surface area contributed by atoms with Gasteiger partial charge in [-0.25, -0.2) is 0 Å². The van der Waals surface area contributed by atoms with Crippen molar-refractivity contribution in [3.05, 3.63) is 66.7 Å². The van der Waals surface area contributed by atoms with Gasteiger partial charge in [-0.05, 0) is 36.4 Å². The summed E-state index contributed by atoms with van der Waals surface area (Å²) in [5.41, 5.74) is 3.73. The summed E-state index contributed by atoms with van der Waals surface area (Å²) in [4.78, 5) is 16.7. The van der Waals surface area contributed by atoms with Gasteiger partial charge in [-0.15, -0.1) is 0 Å². The minimum absolute atomic E-state index is 0.241. The fraction of sp³-hybridized carbons (Fsp3) is 0.150. The summed E-state index contributed by atoms with van der Waals surface area (Å²) in [6.07, 6.45) is 5.40. The van der Waals surface area contributed by atoms with Crippen molar-refractivity contribution >= 4 is 22.5 Å². The quantitative estimate of drug-likeness (QED) is 0.552. The molecule has 4 aromatic rings. The lowest BCUT2D eigenvalue weighted by molar-refractivity contribution is 0.102. The minimum Gasteiger partial charge on any atom is -0.383 e. The Hall–Kier alpha value is -3.45. The van der Waals surface area contributed by atoms with Crippen LogP contribution in [0.4, 0.5) is 5.69 Å². The number of aromatic amines is 1. The predicted molar refractivity (Wildman–Crippen MR) is 104 cm³/mol. The number of rotatable bonds is 6. The van der Waals surface area contributed by atoms with E-state index >= 15 is 0 Å². The molecule has 0 aliphatic rings. The van der Waals surface area contributed by atoms with Crippen molar-refractivity contribution < 1.29 is 9.53 Å². The summed E-state index contributed by atoms with van der Waals surface area (Å²) >= 11 is 0. The highest BCUT2D eigenvalue weighted by molar-refractivity contribution is 6.08. The Kier molecular flexibility index (Phi) is 4.67. The molecule has 0 atom stereocenters. The molecule has 0 bridgehead atoms. The van der Waals surface area contributed by atoms with Crippen LogP contribution in [0.1, 0.15) is 10.5 Å². The summed E-state index contributed by atoms with van der Waals surface area (Å²) in [5, 5.41) is 10.9. The number of anilines is 1. The molecule has 4 rings (SSSR count). The van der Waals surface area contributed by atoms with E-state index in [1.807, 2.05) is 42.6 Å². The number of carbonyl (C=O) groups is 1. The Morgan fingerprint density at radius 3 is 3.00 bits per heavy atom. The molecule has 0 radical (unpaired) electrons. The molecule has 0 spiro atoms. The highest BCUT2D eigenvalue weighted by Gasteiger charge is 2.13. The van der Waals surface area contributed by atoms with Crippen LogP contribution in [0, 0.1) is 0 Å². The maximum atomic E-state index is 12.7. The summed E-state index contributed by atoms with van der Waals surface area (Å²) in [6.45, 7) is 1.39. The summed E-state index contributed by atoms with van der Waals surface area (Å²) in [7, 11) is 1.68. The first kappa shape index (κ1) is 17.0. The van der Waals surface area contributed by atoms with Crippen LogP contribution in [0.2, 0.25) is 0 Å². The lowest BCUT2D eigenvalue weighted by Crippen LogP contribution is -2.12. The van der Waals surface area contributed by atoms with Crippen molar-refractivity contribution in [1.29, 1.82) is 0 Å². The molecule has 0 aliphatic carbocycles. The number of benzene rings is 1. The minimum atomic E-state index is -0.241. The van der Waals surface area contributed by atoms with Crippen LogP contribution in [-0.2, 0) is 11.3 Å². The molecule has 2 N–H and O–H groups in total. The Balaban J connectivity index is 1.57. The maximum absolute atomic E-state index is 12.7. The van der Waals surface area contributed by atoms with Gasteiger partial charge in [0.05, 0.1) is 23.5 Å². The zero-order valence-electron chi connectivity index (χ0n) is 14.8. The van der Waals surface area contributed by atoms with Gasteiger partial charge in [0.15, 0.2) is 0 Å². The number of nitrogens with zero attached hydrogens (tertiary/aromatic N) is 3. The zero-order chi connectivity index (χ0) is 18.6. The number of carbonyl (C=O) groups excluding carboxylic acids is 1. The van der Waals surface area contributed by atoms with Gasteiger partial charge in [-0.3, -0.25) is 14.9 Å². The highest BCUT2D eigenvalue weighted by atomic mass is 16.5. The van der Waals surface area contributed by atoms with Crippen LogP contribution >= 0.6 is 0 Å². The van der Waals surface area contributed by atoms with E-state index in [9.17, 15) is 4.79 Å². The third-order valence-corrected chi connectivity index (χ3v) is 4.38. The highest BCUT2D eigenvalue weighted by Crippen LogP contribution is 2.25. The number of pyridine rings is 1. The molecule has 136 valence electrons. The molecule has 0 aliphatic heterocycles. The summed E-state index contributed by atoms with van der Waals surface area (Å²) in [5.74, 6) is -0.241.